The molecule has 2 saturated heterocycles. The van der Waals surface area contributed by atoms with E-state index in [1.165, 1.54) is 19.4 Å². The average Bonchev–Trinajstić information content (AvgIpc) is 3.05. The van der Waals surface area contributed by atoms with Crippen LogP contribution in [-0.2, 0) is 4.79 Å². The van der Waals surface area contributed by atoms with Crippen LogP contribution >= 0.6 is 11.6 Å². The van der Waals surface area contributed by atoms with Crippen LogP contribution in [-0.4, -0.2) is 103 Å². The summed E-state index contributed by atoms with van der Waals surface area (Å²) < 4.78 is 31.7. The summed E-state index contributed by atoms with van der Waals surface area (Å²) in [6, 6.07) is 11.9. The Kier molecular flexibility index (Phi) is 12.4. The lowest BCUT2D eigenvalue weighted by atomic mass is 9.90. The van der Waals surface area contributed by atoms with Crippen molar-refractivity contribution in [2.24, 2.45) is 5.92 Å². The van der Waals surface area contributed by atoms with E-state index in [0.29, 0.717) is 22.3 Å². The highest BCUT2D eigenvalue weighted by Crippen LogP contribution is 2.29. The third-order valence-electron chi connectivity index (χ3n) is 8.85. The number of aliphatic carboxylic acids is 1. The van der Waals surface area contributed by atoms with Crippen molar-refractivity contribution in [3.8, 4) is 6.07 Å². The summed E-state index contributed by atoms with van der Waals surface area (Å²) in [5.74, 6) is -1.31. The second kappa shape index (κ2) is 16.2. The molecule has 2 aromatic rings. The molecule has 3 aliphatic rings. The summed E-state index contributed by atoms with van der Waals surface area (Å²) in [7, 11) is 2.06. The lowest BCUT2D eigenvalue weighted by Crippen LogP contribution is -2.47. The van der Waals surface area contributed by atoms with Gasteiger partial charge < -0.3 is 30.4 Å². The molecule has 46 heavy (non-hydrogen) atoms. The quantitative estimate of drug-likeness (QED) is 0.399. The number of piperazine rings is 1. The number of alkyl halides is 3. The number of nitrogens with zero attached hydrogens (tertiary/aromatic N) is 6. The van der Waals surface area contributed by atoms with Crippen molar-refractivity contribution in [1.82, 2.24) is 25.7 Å². The molecular formula is C31H40ClF3N8O3. The van der Waals surface area contributed by atoms with E-state index in [4.69, 9.17) is 26.8 Å². The Morgan fingerprint density at radius 3 is 2.26 bits per heavy atom. The number of amides is 1. The summed E-state index contributed by atoms with van der Waals surface area (Å²) in [5, 5.41) is 32.0. The van der Waals surface area contributed by atoms with E-state index in [9.17, 15) is 18.0 Å². The SMILES string of the molecule is CN(c1ccc(C#N)c(Cl)c1)C1CCC(NC(=O)c2ccc(N3CCC(CN4CCNCC4)CC3)nn2)CC1.O=C(O)C(F)(F)F. The van der Waals surface area contributed by atoms with Crippen molar-refractivity contribution in [1.29, 1.82) is 5.26 Å². The zero-order valence-electron chi connectivity index (χ0n) is 25.8. The van der Waals surface area contributed by atoms with Crippen molar-refractivity contribution in [2.45, 2.75) is 56.8 Å². The van der Waals surface area contributed by atoms with Crippen molar-refractivity contribution >= 4 is 35.0 Å². The first kappa shape index (κ1) is 35.2. The molecule has 1 aromatic carbocycles. The summed E-state index contributed by atoms with van der Waals surface area (Å²) in [6.45, 7) is 7.68. The van der Waals surface area contributed by atoms with E-state index in [1.54, 1.807) is 12.1 Å². The van der Waals surface area contributed by atoms with Gasteiger partial charge in [0.1, 0.15) is 6.07 Å². The predicted octanol–water partition coefficient (Wildman–Crippen LogP) is 3.93. The van der Waals surface area contributed by atoms with E-state index in [-0.39, 0.29) is 11.9 Å². The van der Waals surface area contributed by atoms with E-state index >= 15 is 0 Å². The smallest absolute Gasteiger partial charge is 0.475 e. The molecule has 0 atom stereocenters. The molecule has 1 aliphatic carbocycles. The summed E-state index contributed by atoms with van der Waals surface area (Å²) in [4.78, 5) is 28.9. The van der Waals surface area contributed by atoms with Gasteiger partial charge in [0.15, 0.2) is 11.5 Å². The fourth-order valence-electron chi connectivity index (χ4n) is 6.11. The third kappa shape index (κ3) is 9.91. The number of benzene rings is 1. The lowest BCUT2D eigenvalue weighted by molar-refractivity contribution is -0.192. The van der Waals surface area contributed by atoms with Gasteiger partial charge in [0.05, 0.1) is 10.6 Å². The van der Waals surface area contributed by atoms with E-state index in [2.05, 4.69) is 48.6 Å². The fourth-order valence-corrected chi connectivity index (χ4v) is 6.33. The Balaban J connectivity index is 0.000000617. The Bertz CT molecular complexity index is 1350. The van der Waals surface area contributed by atoms with Crippen molar-refractivity contribution in [3.05, 3.63) is 46.6 Å². The van der Waals surface area contributed by atoms with Gasteiger partial charge in [0, 0.05) is 70.6 Å². The second-order valence-electron chi connectivity index (χ2n) is 11.9. The molecule has 0 spiro atoms. The van der Waals surface area contributed by atoms with Gasteiger partial charge in [-0.05, 0) is 74.8 Å². The minimum atomic E-state index is -5.08. The van der Waals surface area contributed by atoms with Crippen LogP contribution in [0.3, 0.4) is 0 Å². The molecule has 1 aromatic heterocycles. The molecule has 0 radical (unpaired) electrons. The maximum atomic E-state index is 12.9. The molecule has 1 amide bonds. The van der Waals surface area contributed by atoms with E-state index < -0.39 is 12.1 Å². The monoisotopic (exact) mass is 664 g/mol. The first-order valence-corrected chi connectivity index (χ1v) is 15.9. The van der Waals surface area contributed by atoms with Crippen LogP contribution in [0, 0.1) is 17.2 Å². The number of hydrogen-bond donors (Lipinski definition) is 3. The molecule has 0 unspecified atom stereocenters. The van der Waals surface area contributed by atoms with Gasteiger partial charge in [-0.2, -0.15) is 18.4 Å². The van der Waals surface area contributed by atoms with Gasteiger partial charge in [-0.1, -0.05) is 11.6 Å². The highest BCUT2D eigenvalue weighted by atomic mass is 35.5. The second-order valence-corrected chi connectivity index (χ2v) is 12.3. The molecule has 0 bridgehead atoms. The number of carboxylic acid groups (broad SMARTS) is 1. The van der Waals surface area contributed by atoms with Crippen molar-refractivity contribution in [3.63, 3.8) is 0 Å². The summed E-state index contributed by atoms with van der Waals surface area (Å²) >= 11 is 6.23. The van der Waals surface area contributed by atoms with Gasteiger partial charge in [0.25, 0.3) is 5.91 Å². The van der Waals surface area contributed by atoms with Crippen LogP contribution < -0.4 is 20.4 Å². The third-order valence-corrected chi connectivity index (χ3v) is 9.16. The molecule has 2 aliphatic heterocycles. The number of hydrogen-bond acceptors (Lipinski definition) is 9. The van der Waals surface area contributed by atoms with Crippen molar-refractivity contribution in [2.75, 3.05) is 62.7 Å². The number of nitrogens with one attached hydrogen (secondary N) is 2. The molecular weight excluding hydrogens is 625 g/mol. The Morgan fingerprint density at radius 2 is 1.72 bits per heavy atom. The first-order valence-electron chi connectivity index (χ1n) is 15.5. The average molecular weight is 665 g/mol. The standard InChI is InChI=1S/C29H39ClN8O.C2HF3O2/c1-36(25-5-2-22(19-31)26(30)18-25)24-6-3-23(4-7-24)33-29(39)27-8-9-28(35-34-27)38-14-10-21(11-15-38)20-37-16-12-32-13-17-37;3-2(4,5)1(6)7/h2,5,8-9,18,21,23-24,32H,3-4,6-7,10-17,20H2,1H3,(H,33,39);(H,6,7). The molecule has 15 heteroatoms. The number of carboxylic acids is 1. The van der Waals surface area contributed by atoms with Gasteiger partial charge in [-0.25, -0.2) is 4.79 Å². The molecule has 5 rings (SSSR count). The van der Waals surface area contributed by atoms with Crippen LogP contribution in [0.25, 0.3) is 0 Å². The summed E-state index contributed by atoms with van der Waals surface area (Å²) in [6.07, 6.45) is 0.995. The van der Waals surface area contributed by atoms with E-state index in [0.717, 1.165) is 82.4 Å². The maximum absolute atomic E-state index is 12.9. The molecule has 3 heterocycles. The highest BCUT2D eigenvalue weighted by Gasteiger charge is 2.38. The topological polar surface area (TPSA) is 138 Å². The van der Waals surface area contributed by atoms with Crippen LogP contribution in [0.4, 0.5) is 24.7 Å². The minimum absolute atomic E-state index is 0.128. The predicted molar refractivity (Wildman–Crippen MR) is 168 cm³/mol. The molecule has 1 saturated carbocycles. The van der Waals surface area contributed by atoms with Gasteiger partial charge in [0.2, 0.25) is 0 Å². The number of aromatic nitrogens is 2. The molecule has 250 valence electrons. The Labute approximate surface area is 271 Å². The number of halogens is 4. The maximum Gasteiger partial charge on any atom is 0.490 e. The summed E-state index contributed by atoms with van der Waals surface area (Å²) in [5.41, 5.74) is 1.87. The molecule has 3 fully saturated rings. The lowest BCUT2D eigenvalue weighted by Gasteiger charge is -2.36. The zero-order valence-corrected chi connectivity index (χ0v) is 26.5. The zero-order chi connectivity index (χ0) is 33.3. The van der Waals surface area contributed by atoms with Crippen LogP contribution in [0.15, 0.2) is 30.3 Å². The number of carbonyl (C=O) groups excluding carboxylic acids is 1. The first-order chi connectivity index (χ1) is 21.9. The Hall–Kier alpha value is -3.67. The number of rotatable bonds is 7. The van der Waals surface area contributed by atoms with Crippen LogP contribution in [0.5, 0.6) is 0 Å². The van der Waals surface area contributed by atoms with Gasteiger partial charge in [-0.3, -0.25) is 4.79 Å². The van der Waals surface area contributed by atoms with Crippen LogP contribution in [0.1, 0.15) is 54.6 Å². The largest absolute Gasteiger partial charge is 0.490 e. The van der Waals surface area contributed by atoms with Crippen LogP contribution in [0.2, 0.25) is 5.02 Å². The minimum Gasteiger partial charge on any atom is -0.475 e. The number of carbonyl (C=O) groups is 2. The normalized spacial score (nSPS) is 21.0. The molecule has 11 nitrogen and oxygen atoms in total. The van der Waals surface area contributed by atoms with Crippen molar-refractivity contribution < 1.29 is 27.9 Å². The highest BCUT2D eigenvalue weighted by molar-refractivity contribution is 6.32. The van der Waals surface area contributed by atoms with E-state index in [1.807, 2.05) is 18.2 Å². The number of nitriles is 1. The Morgan fingerprint density at radius 1 is 1.07 bits per heavy atom. The number of anilines is 2. The number of piperidine rings is 1. The fraction of sp³-hybridized carbons (Fsp3) is 0.581. The van der Waals surface area contributed by atoms with Gasteiger partial charge in [-0.15, -0.1) is 10.2 Å². The van der Waals surface area contributed by atoms with Gasteiger partial charge >= 0.3 is 12.1 Å². The molecule has 3 N–H and O–H groups in total.